The van der Waals surface area contributed by atoms with Crippen LogP contribution in [0, 0.1) is 20.8 Å². The van der Waals surface area contributed by atoms with Gasteiger partial charge in [-0.3, -0.25) is 4.79 Å². The van der Waals surface area contributed by atoms with E-state index in [1.165, 1.54) is 0 Å². The van der Waals surface area contributed by atoms with E-state index in [0.717, 1.165) is 5.56 Å². The molecule has 1 unspecified atom stereocenters. The standard InChI is InChI=1S/C22H28N2O7S/c1-14-8-15(2)22(16(3)9-14)32(27,28)24-7-6-21(26)23-11-17(25)12-29-18-4-5-19-20(10-18)31-13-30-19/h4-5,8-10,17,24-25H,6-7,11-13H2,1-3H3,(H,23,26). The van der Waals surface area contributed by atoms with Gasteiger partial charge in [0, 0.05) is 25.6 Å². The predicted octanol–water partition coefficient (Wildman–Crippen LogP) is 1.57. The molecule has 1 aliphatic rings. The van der Waals surface area contributed by atoms with Crippen molar-refractivity contribution in [3.05, 3.63) is 47.0 Å². The summed E-state index contributed by atoms with van der Waals surface area (Å²) in [5, 5.41) is 12.6. The molecule has 0 bridgehead atoms. The molecule has 3 N–H and O–H groups in total. The van der Waals surface area contributed by atoms with Crippen molar-refractivity contribution < 1.29 is 32.5 Å². The zero-order valence-electron chi connectivity index (χ0n) is 18.3. The molecule has 1 atom stereocenters. The number of aryl methyl sites for hydroxylation is 3. The van der Waals surface area contributed by atoms with Gasteiger partial charge in [0.15, 0.2) is 11.5 Å². The Kier molecular flexibility index (Phi) is 7.60. The number of ether oxygens (including phenoxy) is 3. The van der Waals surface area contributed by atoms with Gasteiger partial charge in [-0.15, -0.1) is 0 Å². The van der Waals surface area contributed by atoms with Crippen molar-refractivity contribution in [2.45, 2.75) is 38.2 Å². The van der Waals surface area contributed by atoms with Crippen LogP contribution in [0.15, 0.2) is 35.2 Å². The van der Waals surface area contributed by atoms with Gasteiger partial charge in [0.05, 0.1) is 4.90 Å². The van der Waals surface area contributed by atoms with Crippen molar-refractivity contribution in [3.63, 3.8) is 0 Å². The first-order valence-corrected chi connectivity index (χ1v) is 11.7. The molecule has 32 heavy (non-hydrogen) atoms. The fourth-order valence-corrected chi connectivity index (χ4v) is 4.98. The average Bonchev–Trinajstić information content (AvgIpc) is 3.17. The summed E-state index contributed by atoms with van der Waals surface area (Å²) in [6, 6.07) is 8.69. The quantitative estimate of drug-likeness (QED) is 0.488. The lowest BCUT2D eigenvalue weighted by atomic mass is 10.1. The van der Waals surface area contributed by atoms with Crippen LogP contribution < -0.4 is 24.2 Å². The van der Waals surface area contributed by atoms with E-state index in [0.29, 0.717) is 28.4 Å². The van der Waals surface area contributed by atoms with Gasteiger partial charge in [0.2, 0.25) is 22.7 Å². The second-order valence-corrected chi connectivity index (χ2v) is 9.36. The molecule has 3 rings (SSSR count). The Bertz CT molecular complexity index is 1060. The van der Waals surface area contributed by atoms with Gasteiger partial charge in [-0.25, -0.2) is 13.1 Å². The van der Waals surface area contributed by atoms with Crippen LogP contribution in [0.5, 0.6) is 17.2 Å². The highest BCUT2D eigenvalue weighted by molar-refractivity contribution is 7.89. The SMILES string of the molecule is Cc1cc(C)c(S(=O)(=O)NCCC(=O)NCC(O)COc2ccc3c(c2)OCO3)c(C)c1. The molecule has 1 amide bonds. The molecule has 1 aliphatic heterocycles. The van der Waals surface area contributed by atoms with Crippen LogP contribution >= 0.6 is 0 Å². The van der Waals surface area contributed by atoms with E-state index < -0.39 is 16.1 Å². The number of carbonyl (C=O) groups is 1. The molecule has 1 heterocycles. The van der Waals surface area contributed by atoms with Crippen LogP contribution in [0.1, 0.15) is 23.1 Å². The highest BCUT2D eigenvalue weighted by atomic mass is 32.2. The highest BCUT2D eigenvalue weighted by Crippen LogP contribution is 2.35. The van der Waals surface area contributed by atoms with Gasteiger partial charge in [-0.2, -0.15) is 0 Å². The number of aliphatic hydroxyl groups excluding tert-OH is 1. The minimum Gasteiger partial charge on any atom is -0.491 e. The minimum atomic E-state index is -3.73. The third-order valence-electron chi connectivity index (χ3n) is 4.84. The monoisotopic (exact) mass is 464 g/mol. The second kappa shape index (κ2) is 10.2. The van der Waals surface area contributed by atoms with Crippen molar-refractivity contribution in [1.82, 2.24) is 10.0 Å². The van der Waals surface area contributed by atoms with Crippen molar-refractivity contribution in [2.75, 3.05) is 26.5 Å². The molecule has 2 aromatic rings. The van der Waals surface area contributed by atoms with Gasteiger partial charge >= 0.3 is 0 Å². The summed E-state index contributed by atoms with van der Waals surface area (Å²) >= 11 is 0. The van der Waals surface area contributed by atoms with Gasteiger partial charge in [-0.05, 0) is 44.0 Å². The van der Waals surface area contributed by atoms with Crippen molar-refractivity contribution in [3.8, 4) is 17.2 Å². The lowest BCUT2D eigenvalue weighted by molar-refractivity contribution is -0.121. The predicted molar refractivity (Wildman–Crippen MR) is 118 cm³/mol. The first kappa shape index (κ1) is 23.8. The molecule has 0 fully saturated rings. The summed E-state index contributed by atoms with van der Waals surface area (Å²) < 4.78 is 43.7. The topological polar surface area (TPSA) is 123 Å². The molecular weight excluding hydrogens is 436 g/mol. The summed E-state index contributed by atoms with van der Waals surface area (Å²) in [5.74, 6) is 1.33. The second-order valence-electron chi connectivity index (χ2n) is 7.66. The fourth-order valence-electron chi connectivity index (χ4n) is 3.50. The average molecular weight is 465 g/mol. The smallest absolute Gasteiger partial charge is 0.241 e. The number of nitrogens with one attached hydrogen (secondary N) is 2. The molecule has 10 heteroatoms. The molecule has 174 valence electrons. The fraction of sp³-hybridized carbons (Fsp3) is 0.409. The number of fused-ring (bicyclic) bond motifs is 1. The maximum atomic E-state index is 12.6. The summed E-state index contributed by atoms with van der Waals surface area (Å²) in [6.07, 6.45) is -0.988. The first-order chi connectivity index (χ1) is 15.2. The molecular formula is C22H28N2O7S. The van der Waals surface area contributed by atoms with E-state index in [9.17, 15) is 18.3 Å². The Balaban J connectivity index is 1.39. The minimum absolute atomic E-state index is 0.0215. The Morgan fingerprint density at radius 2 is 1.81 bits per heavy atom. The molecule has 0 aromatic heterocycles. The molecule has 0 spiro atoms. The third kappa shape index (κ3) is 6.12. The zero-order valence-corrected chi connectivity index (χ0v) is 19.1. The van der Waals surface area contributed by atoms with Crippen LogP contribution in [0.3, 0.4) is 0 Å². The molecule has 0 radical (unpaired) electrons. The zero-order chi connectivity index (χ0) is 23.3. The first-order valence-electron chi connectivity index (χ1n) is 10.2. The Hall–Kier alpha value is -2.82. The lowest BCUT2D eigenvalue weighted by Crippen LogP contribution is -2.37. The summed E-state index contributed by atoms with van der Waals surface area (Å²) in [4.78, 5) is 12.3. The third-order valence-corrected chi connectivity index (χ3v) is 6.60. The van der Waals surface area contributed by atoms with Crippen LogP contribution in [0.2, 0.25) is 0 Å². The lowest BCUT2D eigenvalue weighted by Gasteiger charge is -2.14. The maximum Gasteiger partial charge on any atom is 0.241 e. The molecule has 0 saturated heterocycles. The number of rotatable bonds is 10. The Labute approximate surface area is 187 Å². The largest absolute Gasteiger partial charge is 0.491 e. The summed E-state index contributed by atoms with van der Waals surface area (Å²) in [7, 11) is -3.73. The number of sulfonamides is 1. The number of benzene rings is 2. The van der Waals surface area contributed by atoms with E-state index in [1.807, 2.05) is 6.92 Å². The number of carbonyl (C=O) groups excluding carboxylic acids is 1. The number of hydrogen-bond donors (Lipinski definition) is 3. The van der Waals surface area contributed by atoms with Gasteiger partial charge in [0.1, 0.15) is 18.5 Å². The molecule has 9 nitrogen and oxygen atoms in total. The van der Waals surface area contributed by atoms with E-state index >= 15 is 0 Å². The number of amides is 1. The van der Waals surface area contributed by atoms with Crippen molar-refractivity contribution in [2.24, 2.45) is 0 Å². The van der Waals surface area contributed by atoms with Gasteiger partial charge in [-0.1, -0.05) is 17.7 Å². The van der Waals surface area contributed by atoms with E-state index in [4.69, 9.17) is 14.2 Å². The van der Waals surface area contributed by atoms with Crippen LogP contribution in [0.25, 0.3) is 0 Å². The van der Waals surface area contributed by atoms with Gasteiger partial charge < -0.3 is 24.6 Å². The van der Waals surface area contributed by atoms with Crippen molar-refractivity contribution in [1.29, 1.82) is 0 Å². The van der Waals surface area contributed by atoms with Crippen LogP contribution in [-0.4, -0.2) is 52.0 Å². The highest BCUT2D eigenvalue weighted by Gasteiger charge is 2.20. The molecule has 0 aliphatic carbocycles. The Morgan fingerprint density at radius 1 is 1.12 bits per heavy atom. The number of hydrogen-bond acceptors (Lipinski definition) is 7. The van der Waals surface area contributed by atoms with Crippen molar-refractivity contribution >= 4 is 15.9 Å². The summed E-state index contributed by atoms with van der Waals surface area (Å²) in [6.45, 7) is 5.45. The van der Waals surface area contributed by atoms with E-state index in [2.05, 4.69) is 10.0 Å². The number of aliphatic hydroxyl groups is 1. The van der Waals surface area contributed by atoms with Crippen LogP contribution in [-0.2, 0) is 14.8 Å². The summed E-state index contributed by atoms with van der Waals surface area (Å²) in [5.41, 5.74) is 2.30. The van der Waals surface area contributed by atoms with Gasteiger partial charge in [0.25, 0.3) is 0 Å². The Morgan fingerprint density at radius 3 is 2.53 bits per heavy atom. The maximum absolute atomic E-state index is 12.6. The molecule has 0 saturated carbocycles. The van der Waals surface area contributed by atoms with E-state index in [-0.39, 0.29) is 43.7 Å². The normalized spacial score (nSPS) is 13.6. The molecule has 2 aromatic carbocycles. The van der Waals surface area contributed by atoms with Crippen LogP contribution in [0.4, 0.5) is 0 Å². The van der Waals surface area contributed by atoms with E-state index in [1.54, 1.807) is 44.2 Å².